The molecule has 0 saturated heterocycles. The van der Waals surface area contributed by atoms with Crippen LogP contribution in [0.5, 0.6) is 0 Å². The molecule has 0 aliphatic rings. The summed E-state index contributed by atoms with van der Waals surface area (Å²) in [6.45, 7) is 0. The summed E-state index contributed by atoms with van der Waals surface area (Å²) >= 11 is 0. The van der Waals surface area contributed by atoms with Crippen LogP contribution in [0, 0.1) is 0 Å². The molecule has 0 bridgehead atoms. The fourth-order valence-electron chi connectivity index (χ4n) is 0. The summed E-state index contributed by atoms with van der Waals surface area (Å²) in [5.74, 6) is 0. The molecule has 0 unspecified atom stereocenters. The van der Waals surface area contributed by atoms with Crippen LogP contribution in [-0.4, -0.2) is 133 Å². The Kier molecular flexibility index (Phi) is 62.3. The van der Waals surface area contributed by atoms with E-state index in [1.54, 1.807) is 0 Å². The van der Waals surface area contributed by atoms with Crippen LogP contribution in [0.3, 0.4) is 0 Å². The molecule has 0 heterocycles. The van der Waals surface area contributed by atoms with Gasteiger partial charge in [-0.25, -0.2) is 0 Å². The third-order valence-corrected chi connectivity index (χ3v) is 0. The SMILES string of the molecule is O.OB(O)O.OB(O)O.OB(O)O.OB(O)O.[CaH2]. The van der Waals surface area contributed by atoms with Crippen molar-refractivity contribution in [3.05, 3.63) is 0 Å². The molecule has 0 spiro atoms. The minimum atomic E-state index is -2.17. The Morgan fingerprint density at radius 3 is 0.333 bits per heavy atom. The van der Waals surface area contributed by atoms with Gasteiger partial charge in [-0.2, -0.15) is 0 Å². The zero-order chi connectivity index (χ0) is 14.3. The molecule has 0 aromatic rings. The fourth-order valence-corrected chi connectivity index (χ4v) is 0. The van der Waals surface area contributed by atoms with E-state index < -0.39 is 29.3 Å². The van der Waals surface area contributed by atoms with Gasteiger partial charge in [0.25, 0.3) is 0 Å². The predicted molar refractivity (Wildman–Crippen MR) is 61.8 cm³/mol. The normalized spacial score (nSPS) is 6.00. The Labute approximate surface area is 132 Å². The maximum atomic E-state index is 7.17. The van der Waals surface area contributed by atoms with Crippen LogP contribution >= 0.6 is 0 Å². The quantitative estimate of drug-likeness (QED) is 0.186. The number of rotatable bonds is 0. The third kappa shape index (κ3) is 4360. The maximum absolute atomic E-state index is 7.17. The van der Waals surface area contributed by atoms with E-state index in [0.29, 0.717) is 0 Å². The van der Waals surface area contributed by atoms with Crippen molar-refractivity contribution in [3.63, 3.8) is 0 Å². The van der Waals surface area contributed by atoms with Gasteiger partial charge in [0.05, 0.1) is 0 Å². The van der Waals surface area contributed by atoms with E-state index >= 15 is 0 Å². The molecule has 18 heteroatoms. The van der Waals surface area contributed by atoms with Gasteiger partial charge in [-0.3, -0.25) is 0 Å². The molecular formula is H16B4CaO13. The summed E-state index contributed by atoms with van der Waals surface area (Å²) in [6, 6.07) is 0. The van der Waals surface area contributed by atoms with Gasteiger partial charge in [-0.15, -0.1) is 0 Å². The average molecular weight is 307 g/mol. The van der Waals surface area contributed by atoms with Crippen molar-refractivity contribution in [2.24, 2.45) is 0 Å². The molecule has 14 N–H and O–H groups in total. The average Bonchev–Trinajstić information content (AvgIpc) is 1.76. The molecule has 0 fully saturated rings. The van der Waals surface area contributed by atoms with Gasteiger partial charge in [-0.05, 0) is 0 Å². The van der Waals surface area contributed by atoms with Crippen molar-refractivity contribution in [3.8, 4) is 0 Å². The monoisotopic (exact) mass is 308 g/mol. The van der Waals surface area contributed by atoms with Crippen LogP contribution in [0.2, 0.25) is 0 Å². The summed E-state index contributed by atoms with van der Waals surface area (Å²) in [4.78, 5) is 0. The van der Waals surface area contributed by atoms with E-state index in [-0.39, 0.29) is 43.2 Å². The van der Waals surface area contributed by atoms with Crippen molar-refractivity contribution in [2.45, 2.75) is 0 Å². The van der Waals surface area contributed by atoms with E-state index in [4.69, 9.17) is 60.3 Å². The van der Waals surface area contributed by atoms with E-state index in [0.717, 1.165) is 0 Å². The van der Waals surface area contributed by atoms with Crippen molar-refractivity contribution in [1.29, 1.82) is 0 Å². The van der Waals surface area contributed by atoms with Gasteiger partial charge < -0.3 is 65.8 Å². The Morgan fingerprint density at radius 2 is 0.333 bits per heavy atom. The molecule has 13 nitrogen and oxygen atoms in total. The molecule has 0 amide bonds. The summed E-state index contributed by atoms with van der Waals surface area (Å²) in [5.41, 5.74) is 0. The van der Waals surface area contributed by atoms with Gasteiger partial charge in [0, 0.05) is 0 Å². The molecule has 0 aromatic heterocycles. The number of hydrogen-bond acceptors (Lipinski definition) is 12. The Hall–Kier alpha value is 0.999. The Bertz CT molecular complexity index is 62.0. The summed E-state index contributed by atoms with van der Waals surface area (Å²) in [7, 11) is -8.67. The fraction of sp³-hybridized carbons (Fsp3) is 0. The van der Waals surface area contributed by atoms with Crippen LogP contribution < -0.4 is 0 Å². The van der Waals surface area contributed by atoms with Crippen molar-refractivity contribution in [1.82, 2.24) is 0 Å². The van der Waals surface area contributed by atoms with E-state index in [9.17, 15) is 0 Å². The molecule has 0 saturated carbocycles. The van der Waals surface area contributed by atoms with Crippen LogP contribution in [0.15, 0.2) is 0 Å². The zero-order valence-corrected chi connectivity index (χ0v) is 8.18. The first-order valence-electron chi connectivity index (χ1n) is 3.10. The zero-order valence-electron chi connectivity index (χ0n) is 8.18. The van der Waals surface area contributed by atoms with Gasteiger partial charge >= 0.3 is 67.0 Å². The van der Waals surface area contributed by atoms with Crippen LogP contribution in [0.4, 0.5) is 0 Å². The van der Waals surface area contributed by atoms with E-state index in [2.05, 4.69) is 0 Å². The van der Waals surface area contributed by atoms with Gasteiger partial charge in [-0.1, -0.05) is 0 Å². The Morgan fingerprint density at radius 1 is 0.333 bits per heavy atom. The van der Waals surface area contributed by atoms with Crippen LogP contribution in [0.25, 0.3) is 0 Å². The first kappa shape index (κ1) is 36.4. The molecule has 0 radical (unpaired) electrons. The topological polar surface area (TPSA) is 274 Å². The van der Waals surface area contributed by atoms with Crippen molar-refractivity contribution >= 4 is 67.0 Å². The Balaban J connectivity index is -0.0000000257. The molecule has 108 valence electrons. The molecule has 0 atom stereocenters. The predicted octanol–water partition coefficient (Wildman–Crippen LogP) is -9.95. The van der Waals surface area contributed by atoms with E-state index in [1.807, 2.05) is 0 Å². The summed E-state index contributed by atoms with van der Waals surface area (Å²) in [5, 5.41) is 86.0. The molecule has 0 aromatic carbocycles. The number of hydrogen-bond donors (Lipinski definition) is 12. The van der Waals surface area contributed by atoms with Crippen LogP contribution in [-0.2, 0) is 0 Å². The molecule has 0 aliphatic carbocycles. The second kappa shape index (κ2) is 30.8. The standard InChI is InChI=1S/4BH3O3.Ca.H2O.2H/c4*2-1(3)4;;;;/h4*2-4H;;1H2;;. The van der Waals surface area contributed by atoms with Gasteiger partial charge in [0.15, 0.2) is 0 Å². The molecular weight excluding hydrogens is 291 g/mol. The summed E-state index contributed by atoms with van der Waals surface area (Å²) in [6.07, 6.45) is 0. The summed E-state index contributed by atoms with van der Waals surface area (Å²) < 4.78 is 0. The second-order valence-electron chi connectivity index (χ2n) is 1.39. The van der Waals surface area contributed by atoms with Gasteiger partial charge in [0.2, 0.25) is 0 Å². The minimum absolute atomic E-state index is 0. The first-order chi connectivity index (χ1) is 6.93. The van der Waals surface area contributed by atoms with Gasteiger partial charge in [0.1, 0.15) is 0 Å². The van der Waals surface area contributed by atoms with Crippen molar-refractivity contribution < 1.29 is 65.8 Å². The molecule has 0 aliphatic heterocycles. The van der Waals surface area contributed by atoms with Crippen LogP contribution in [0.1, 0.15) is 0 Å². The van der Waals surface area contributed by atoms with E-state index in [1.165, 1.54) is 0 Å². The molecule has 18 heavy (non-hydrogen) atoms. The third-order valence-electron chi connectivity index (χ3n) is 0. The molecule has 0 rings (SSSR count). The second-order valence-corrected chi connectivity index (χ2v) is 1.39. The van der Waals surface area contributed by atoms with Crippen molar-refractivity contribution in [2.75, 3.05) is 0 Å². The first-order valence-corrected chi connectivity index (χ1v) is 3.10.